The van der Waals surface area contributed by atoms with Crippen molar-refractivity contribution in [1.29, 1.82) is 0 Å². The molecule has 0 spiro atoms. The van der Waals surface area contributed by atoms with Crippen LogP contribution in [0, 0.1) is 0 Å². The number of carbonyl (C=O) groups excluding carboxylic acids is 1. The second-order valence-electron chi connectivity index (χ2n) is 6.91. The minimum absolute atomic E-state index is 0.283. The molecule has 1 aliphatic heterocycles. The summed E-state index contributed by atoms with van der Waals surface area (Å²) in [6.07, 6.45) is 0. The number of rotatable bonds is 6. The highest BCUT2D eigenvalue weighted by atomic mass is 16.5. The Balaban J connectivity index is 1.88. The molecule has 7 heteroatoms. The third kappa shape index (κ3) is 4.41. The maximum absolute atomic E-state index is 13.0. The fourth-order valence-corrected chi connectivity index (χ4v) is 3.41. The van der Waals surface area contributed by atoms with Gasteiger partial charge in [0.1, 0.15) is 11.4 Å². The van der Waals surface area contributed by atoms with E-state index in [1.54, 1.807) is 6.92 Å². The number of benzene rings is 2. The largest absolute Gasteiger partial charge is 0.462 e. The van der Waals surface area contributed by atoms with Crippen molar-refractivity contribution < 1.29 is 9.53 Å². The summed E-state index contributed by atoms with van der Waals surface area (Å²) in [6.45, 7) is 5.24. The van der Waals surface area contributed by atoms with Crippen molar-refractivity contribution in [3.63, 3.8) is 0 Å². The summed E-state index contributed by atoms with van der Waals surface area (Å²) in [5, 5.41) is 6.65. The molecule has 30 heavy (non-hydrogen) atoms. The van der Waals surface area contributed by atoms with Crippen LogP contribution in [0.4, 0.5) is 17.3 Å². The molecule has 0 radical (unpaired) electrons. The van der Waals surface area contributed by atoms with Gasteiger partial charge in [0.15, 0.2) is 11.6 Å². The van der Waals surface area contributed by atoms with Gasteiger partial charge in [0.2, 0.25) is 0 Å². The van der Waals surface area contributed by atoms with Crippen LogP contribution in [0.1, 0.15) is 17.3 Å². The van der Waals surface area contributed by atoms with Crippen LogP contribution >= 0.6 is 0 Å². The Morgan fingerprint density at radius 3 is 2.37 bits per heavy atom. The van der Waals surface area contributed by atoms with E-state index >= 15 is 0 Å². The van der Waals surface area contributed by atoms with E-state index in [1.165, 1.54) is 0 Å². The van der Waals surface area contributed by atoms with Gasteiger partial charge in [0.25, 0.3) is 0 Å². The van der Waals surface area contributed by atoms with E-state index in [0.717, 1.165) is 37.4 Å². The van der Waals surface area contributed by atoms with Gasteiger partial charge in [-0.05, 0) is 19.1 Å². The van der Waals surface area contributed by atoms with Crippen LogP contribution in [-0.4, -0.2) is 48.7 Å². The number of esters is 1. The number of nitrogens with zero attached hydrogens (tertiary/aromatic N) is 3. The van der Waals surface area contributed by atoms with Gasteiger partial charge in [-0.2, -0.15) is 0 Å². The molecule has 1 fully saturated rings. The first-order valence-electron chi connectivity index (χ1n) is 10.2. The Morgan fingerprint density at radius 2 is 1.70 bits per heavy atom. The minimum atomic E-state index is -0.427. The summed E-state index contributed by atoms with van der Waals surface area (Å²) >= 11 is 0. The van der Waals surface area contributed by atoms with Crippen molar-refractivity contribution >= 4 is 23.3 Å². The predicted molar refractivity (Wildman–Crippen MR) is 118 cm³/mol. The lowest BCUT2D eigenvalue weighted by atomic mass is 10.1. The van der Waals surface area contributed by atoms with Crippen LogP contribution in [0.3, 0.4) is 0 Å². The molecule has 154 valence electrons. The number of para-hydroxylation sites is 1. The van der Waals surface area contributed by atoms with E-state index in [0.29, 0.717) is 23.0 Å². The van der Waals surface area contributed by atoms with Crippen molar-refractivity contribution in [2.75, 3.05) is 43.0 Å². The van der Waals surface area contributed by atoms with E-state index < -0.39 is 5.97 Å². The predicted octanol–water partition coefficient (Wildman–Crippen LogP) is 3.47. The summed E-state index contributed by atoms with van der Waals surface area (Å²) in [5.41, 5.74) is 2.09. The number of hydrogen-bond donors (Lipinski definition) is 2. The van der Waals surface area contributed by atoms with Crippen LogP contribution in [0.25, 0.3) is 11.4 Å². The molecule has 0 amide bonds. The van der Waals surface area contributed by atoms with Crippen LogP contribution in [0.5, 0.6) is 0 Å². The van der Waals surface area contributed by atoms with E-state index in [9.17, 15) is 4.79 Å². The molecule has 0 saturated carbocycles. The molecular weight excluding hydrogens is 378 g/mol. The lowest BCUT2D eigenvalue weighted by Crippen LogP contribution is -2.44. The quantitative estimate of drug-likeness (QED) is 0.610. The third-order valence-corrected chi connectivity index (χ3v) is 4.85. The first-order chi connectivity index (χ1) is 14.8. The van der Waals surface area contributed by atoms with E-state index in [4.69, 9.17) is 14.7 Å². The SMILES string of the molecule is CCOC(=O)c1c(Nc2ccccc2)nc(-c2ccccc2)nc1N1CCNCC1. The van der Waals surface area contributed by atoms with E-state index in [1.807, 2.05) is 60.7 Å². The molecule has 2 heterocycles. The highest BCUT2D eigenvalue weighted by Gasteiger charge is 2.27. The maximum Gasteiger partial charge on any atom is 0.345 e. The van der Waals surface area contributed by atoms with Gasteiger partial charge < -0.3 is 20.3 Å². The summed E-state index contributed by atoms with van der Waals surface area (Å²) in [6, 6.07) is 19.5. The Bertz CT molecular complexity index is 989. The molecule has 0 bridgehead atoms. The minimum Gasteiger partial charge on any atom is -0.462 e. The normalized spacial score (nSPS) is 13.7. The second-order valence-corrected chi connectivity index (χ2v) is 6.91. The lowest BCUT2D eigenvalue weighted by Gasteiger charge is -2.30. The fourth-order valence-electron chi connectivity index (χ4n) is 3.41. The number of ether oxygens (including phenoxy) is 1. The third-order valence-electron chi connectivity index (χ3n) is 4.85. The standard InChI is InChI=1S/C23H25N5O2/c1-2-30-23(29)19-21(25-18-11-7-4-8-12-18)26-20(17-9-5-3-6-10-17)27-22(19)28-15-13-24-14-16-28/h3-12,24H,2,13-16H2,1H3,(H,25,26,27). The number of carbonyl (C=O) groups is 1. The maximum atomic E-state index is 13.0. The van der Waals surface area contributed by atoms with E-state index in [-0.39, 0.29) is 6.61 Å². The van der Waals surface area contributed by atoms with Gasteiger partial charge >= 0.3 is 5.97 Å². The zero-order chi connectivity index (χ0) is 20.8. The molecule has 1 aliphatic rings. The van der Waals surface area contributed by atoms with Crippen LogP contribution in [0.15, 0.2) is 60.7 Å². The summed E-state index contributed by atoms with van der Waals surface area (Å²) in [7, 11) is 0. The zero-order valence-corrected chi connectivity index (χ0v) is 17.0. The smallest absolute Gasteiger partial charge is 0.345 e. The van der Waals surface area contributed by atoms with Crippen molar-refractivity contribution in [2.24, 2.45) is 0 Å². The van der Waals surface area contributed by atoms with Crippen molar-refractivity contribution in [2.45, 2.75) is 6.92 Å². The number of nitrogens with one attached hydrogen (secondary N) is 2. The van der Waals surface area contributed by atoms with Gasteiger partial charge in [-0.3, -0.25) is 0 Å². The van der Waals surface area contributed by atoms with Crippen LogP contribution < -0.4 is 15.5 Å². The average molecular weight is 403 g/mol. The molecule has 3 aromatic rings. The molecule has 4 rings (SSSR count). The highest BCUT2D eigenvalue weighted by Crippen LogP contribution is 2.31. The Hall–Kier alpha value is -3.45. The van der Waals surface area contributed by atoms with Crippen molar-refractivity contribution in [3.05, 3.63) is 66.2 Å². The Labute approximate surface area is 176 Å². The number of hydrogen-bond acceptors (Lipinski definition) is 7. The molecule has 1 saturated heterocycles. The Morgan fingerprint density at radius 1 is 1.03 bits per heavy atom. The summed E-state index contributed by atoms with van der Waals surface area (Å²) < 4.78 is 5.38. The number of aromatic nitrogens is 2. The molecule has 0 atom stereocenters. The number of anilines is 3. The molecule has 2 N–H and O–H groups in total. The molecule has 7 nitrogen and oxygen atoms in total. The highest BCUT2D eigenvalue weighted by molar-refractivity contribution is 6.01. The van der Waals surface area contributed by atoms with Gasteiger partial charge in [-0.1, -0.05) is 48.5 Å². The van der Waals surface area contributed by atoms with Crippen LogP contribution in [-0.2, 0) is 4.74 Å². The van der Waals surface area contributed by atoms with Gasteiger partial charge in [0, 0.05) is 37.4 Å². The first kappa shape index (κ1) is 19.8. The summed E-state index contributed by atoms with van der Waals surface area (Å²) in [4.78, 5) is 24.7. The first-order valence-corrected chi connectivity index (χ1v) is 10.2. The second kappa shape index (κ2) is 9.37. The summed E-state index contributed by atoms with van der Waals surface area (Å²) in [5.74, 6) is 1.18. The van der Waals surface area contributed by atoms with Gasteiger partial charge in [-0.15, -0.1) is 0 Å². The molecule has 1 aromatic heterocycles. The zero-order valence-electron chi connectivity index (χ0n) is 17.0. The van der Waals surface area contributed by atoms with Gasteiger partial charge in [-0.25, -0.2) is 14.8 Å². The molecular formula is C23H25N5O2. The van der Waals surface area contributed by atoms with Crippen molar-refractivity contribution in [3.8, 4) is 11.4 Å². The molecule has 2 aromatic carbocycles. The van der Waals surface area contributed by atoms with Crippen LogP contribution in [0.2, 0.25) is 0 Å². The lowest BCUT2D eigenvalue weighted by molar-refractivity contribution is 0.0527. The molecule has 0 unspecified atom stereocenters. The van der Waals surface area contributed by atoms with E-state index in [2.05, 4.69) is 15.5 Å². The average Bonchev–Trinajstić information content (AvgIpc) is 2.80. The Kier molecular flexibility index (Phi) is 6.20. The molecule has 0 aliphatic carbocycles. The number of piperazine rings is 1. The fraction of sp³-hybridized carbons (Fsp3) is 0.261. The topological polar surface area (TPSA) is 79.4 Å². The van der Waals surface area contributed by atoms with Gasteiger partial charge in [0.05, 0.1) is 6.61 Å². The van der Waals surface area contributed by atoms with Crippen molar-refractivity contribution in [1.82, 2.24) is 15.3 Å². The monoisotopic (exact) mass is 403 g/mol.